The molecule has 138 valence electrons. The molecular weight excluding hydrogens is 354 g/mol. The van der Waals surface area contributed by atoms with E-state index in [4.69, 9.17) is 9.72 Å². The van der Waals surface area contributed by atoms with Gasteiger partial charge in [-0.25, -0.2) is 4.98 Å². The summed E-state index contributed by atoms with van der Waals surface area (Å²) in [6.45, 7) is 4.53. The lowest BCUT2D eigenvalue weighted by Crippen LogP contribution is -2.07. The third-order valence-corrected chi connectivity index (χ3v) is 5.48. The largest absolute Gasteiger partial charge is 0.383 e. The number of ether oxygens (including phenoxy) is 1. The maximum absolute atomic E-state index is 5.12. The number of nitrogens with one attached hydrogen (secondary N) is 1. The summed E-state index contributed by atoms with van der Waals surface area (Å²) >= 11 is 1.64. The Morgan fingerprint density at radius 2 is 1.85 bits per heavy atom. The zero-order valence-electron chi connectivity index (χ0n) is 15.6. The second-order valence-corrected chi connectivity index (χ2v) is 7.17. The molecule has 0 amide bonds. The van der Waals surface area contributed by atoms with Gasteiger partial charge in [-0.3, -0.25) is 0 Å². The van der Waals surface area contributed by atoms with Crippen molar-refractivity contribution in [1.82, 2.24) is 9.55 Å². The molecule has 1 N–H and O–H groups in total. The second-order valence-electron chi connectivity index (χ2n) is 6.31. The molecule has 0 aliphatic carbocycles. The molecule has 0 bridgehead atoms. The Bertz CT molecular complexity index is 1040. The zero-order valence-corrected chi connectivity index (χ0v) is 16.4. The molecule has 4 rings (SSSR count). The second kappa shape index (κ2) is 7.94. The van der Waals surface area contributed by atoms with Crippen molar-refractivity contribution < 1.29 is 4.74 Å². The van der Waals surface area contributed by atoms with Gasteiger partial charge in [-0.2, -0.15) is 0 Å². The topological polar surface area (TPSA) is 39.1 Å². The van der Waals surface area contributed by atoms with Crippen LogP contribution in [0.25, 0.3) is 33.4 Å². The number of methoxy groups -OCH3 is 1. The summed E-state index contributed by atoms with van der Waals surface area (Å²) in [5.41, 5.74) is 5.91. The number of thiazole rings is 1. The van der Waals surface area contributed by atoms with Crippen LogP contribution in [0.1, 0.15) is 6.92 Å². The zero-order chi connectivity index (χ0) is 18.6. The standard InChI is InChI=1S/C22H23N3OS/c1-3-25-19-12-8-7-11-17(19)20(21(25)16-9-5-4-6-10-16)18-15-27-22(24-18)23-13-14-26-2/h4-12,15H,3,13-14H2,1-2H3,(H,23,24). The highest BCUT2D eigenvalue weighted by atomic mass is 32.1. The van der Waals surface area contributed by atoms with E-state index < -0.39 is 0 Å². The van der Waals surface area contributed by atoms with Crippen molar-refractivity contribution in [3.8, 4) is 22.5 Å². The smallest absolute Gasteiger partial charge is 0.183 e. The van der Waals surface area contributed by atoms with Crippen LogP contribution in [0.4, 0.5) is 5.13 Å². The van der Waals surface area contributed by atoms with E-state index in [9.17, 15) is 0 Å². The Kier molecular flexibility index (Phi) is 5.23. The number of aryl methyl sites for hydroxylation is 1. The first-order valence-electron chi connectivity index (χ1n) is 9.18. The Morgan fingerprint density at radius 3 is 2.63 bits per heavy atom. The van der Waals surface area contributed by atoms with Gasteiger partial charge in [0.25, 0.3) is 0 Å². The fourth-order valence-corrected chi connectivity index (χ4v) is 4.25. The Labute approximate surface area is 163 Å². The number of anilines is 1. The molecule has 27 heavy (non-hydrogen) atoms. The van der Waals surface area contributed by atoms with Gasteiger partial charge in [-0.1, -0.05) is 48.5 Å². The quantitative estimate of drug-likeness (QED) is 0.432. The highest BCUT2D eigenvalue weighted by molar-refractivity contribution is 7.14. The van der Waals surface area contributed by atoms with Gasteiger partial charge in [-0.15, -0.1) is 11.3 Å². The molecule has 0 radical (unpaired) electrons. The number of hydrogen-bond donors (Lipinski definition) is 1. The molecule has 0 fully saturated rings. The number of nitrogens with zero attached hydrogens (tertiary/aromatic N) is 2. The summed E-state index contributed by atoms with van der Waals surface area (Å²) in [5, 5.41) is 7.65. The van der Waals surface area contributed by atoms with E-state index in [1.807, 2.05) is 0 Å². The SMILES string of the molecule is CCn1c(-c2ccccc2)c(-c2csc(NCCOC)n2)c2ccccc21. The molecule has 4 aromatic rings. The van der Waals surface area contributed by atoms with Gasteiger partial charge in [-0.05, 0) is 18.6 Å². The summed E-state index contributed by atoms with van der Waals surface area (Å²) in [7, 11) is 1.71. The van der Waals surface area contributed by atoms with E-state index in [-0.39, 0.29) is 0 Å². The lowest BCUT2D eigenvalue weighted by Gasteiger charge is -2.10. The van der Waals surface area contributed by atoms with Gasteiger partial charge in [0.15, 0.2) is 5.13 Å². The van der Waals surface area contributed by atoms with Gasteiger partial charge in [0.2, 0.25) is 0 Å². The van der Waals surface area contributed by atoms with Crippen molar-refractivity contribution in [2.75, 3.05) is 25.6 Å². The minimum atomic E-state index is 0.666. The maximum Gasteiger partial charge on any atom is 0.183 e. The molecule has 2 heterocycles. The fraction of sp³-hybridized carbons (Fsp3) is 0.227. The lowest BCUT2D eigenvalue weighted by molar-refractivity contribution is 0.211. The van der Waals surface area contributed by atoms with Crippen LogP contribution in [0.2, 0.25) is 0 Å². The van der Waals surface area contributed by atoms with Crippen LogP contribution in [-0.4, -0.2) is 29.8 Å². The molecule has 0 aliphatic heterocycles. The van der Waals surface area contributed by atoms with Crippen LogP contribution in [-0.2, 0) is 11.3 Å². The van der Waals surface area contributed by atoms with Crippen LogP contribution in [0.15, 0.2) is 60.0 Å². The Morgan fingerprint density at radius 1 is 1.07 bits per heavy atom. The molecule has 0 aliphatic rings. The van der Waals surface area contributed by atoms with Crippen molar-refractivity contribution >= 4 is 27.4 Å². The fourth-order valence-electron chi connectivity index (χ4n) is 3.52. The first kappa shape index (κ1) is 17.8. The van der Waals surface area contributed by atoms with Crippen LogP contribution in [0, 0.1) is 0 Å². The highest BCUT2D eigenvalue weighted by Crippen LogP contribution is 2.41. The van der Waals surface area contributed by atoms with E-state index in [0.717, 1.165) is 23.9 Å². The van der Waals surface area contributed by atoms with E-state index >= 15 is 0 Å². The van der Waals surface area contributed by atoms with Crippen molar-refractivity contribution in [3.63, 3.8) is 0 Å². The van der Waals surface area contributed by atoms with E-state index in [1.165, 1.54) is 27.7 Å². The van der Waals surface area contributed by atoms with E-state index in [0.29, 0.717) is 6.61 Å². The number of para-hydroxylation sites is 1. The number of fused-ring (bicyclic) bond motifs is 1. The number of benzene rings is 2. The molecule has 0 atom stereocenters. The summed E-state index contributed by atoms with van der Waals surface area (Å²) in [4.78, 5) is 4.87. The lowest BCUT2D eigenvalue weighted by atomic mass is 10.0. The minimum Gasteiger partial charge on any atom is -0.383 e. The number of rotatable bonds is 7. The molecule has 0 saturated heterocycles. The van der Waals surface area contributed by atoms with Crippen molar-refractivity contribution in [2.24, 2.45) is 0 Å². The molecule has 4 nitrogen and oxygen atoms in total. The Hall–Kier alpha value is -2.63. The number of hydrogen-bond acceptors (Lipinski definition) is 4. The van der Waals surface area contributed by atoms with Crippen LogP contribution < -0.4 is 5.32 Å². The average molecular weight is 378 g/mol. The van der Waals surface area contributed by atoms with Gasteiger partial charge in [0, 0.05) is 42.0 Å². The van der Waals surface area contributed by atoms with Crippen LogP contribution in [0.3, 0.4) is 0 Å². The minimum absolute atomic E-state index is 0.666. The molecule has 5 heteroatoms. The van der Waals surface area contributed by atoms with E-state index in [2.05, 4.69) is 76.8 Å². The van der Waals surface area contributed by atoms with Crippen LogP contribution in [0.5, 0.6) is 0 Å². The molecule has 2 aromatic carbocycles. The van der Waals surface area contributed by atoms with Gasteiger partial charge in [0.1, 0.15) is 0 Å². The Balaban J connectivity index is 1.89. The van der Waals surface area contributed by atoms with Gasteiger partial charge >= 0.3 is 0 Å². The molecule has 0 unspecified atom stereocenters. The van der Waals surface area contributed by atoms with Gasteiger partial charge in [0.05, 0.1) is 18.0 Å². The van der Waals surface area contributed by atoms with Crippen molar-refractivity contribution in [3.05, 3.63) is 60.0 Å². The van der Waals surface area contributed by atoms with Crippen molar-refractivity contribution in [1.29, 1.82) is 0 Å². The summed E-state index contributed by atoms with van der Waals surface area (Å²) in [6.07, 6.45) is 0. The van der Waals surface area contributed by atoms with Crippen LogP contribution >= 0.6 is 11.3 Å². The first-order chi connectivity index (χ1) is 13.3. The molecule has 0 spiro atoms. The normalized spacial score (nSPS) is 11.2. The predicted molar refractivity (Wildman–Crippen MR) is 115 cm³/mol. The third-order valence-electron chi connectivity index (χ3n) is 4.68. The maximum atomic E-state index is 5.12. The molecule has 2 aromatic heterocycles. The summed E-state index contributed by atoms with van der Waals surface area (Å²) < 4.78 is 7.50. The monoisotopic (exact) mass is 377 g/mol. The molecule has 0 saturated carbocycles. The van der Waals surface area contributed by atoms with E-state index in [1.54, 1.807) is 18.4 Å². The molecular formula is C22H23N3OS. The van der Waals surface area contributed by atoms with Crippen molar-refractivity contribution in [2.45, 2.75) is 13.5 Å². The summed E-state index contributed by atoms with van der Waals surface area (Å²) in [5.74, 6) is 0. The van der Waals surface area contributed by atoms with Gasteiger partial charge < -0.3 is 14.6 Å². The highest BCUT2D eigenvalue weighted by Gasteiger charge is 2.20. The third kappa shape index (κ3) is 3.36. The number of aromatic nitrogens is 2. The average Bonchev–Trinajstić information content (AvgIpc) is 3.30. The summed E-state index contributed by atoms with van der Waals surface area (Å²) in [6, 6.07) is 19.2. The predicted octanol–water partition coefficient (Wildman–Crippen LogP) is 5.51. The first-order valence-corrected chi connectivity index (χ1v) is 10.1.